The maximum absolute atomic E-state index is 13.0. The molecule has 1 amide bonds. The Bertz CT molecular complexity index is 844. The number of ketones is 2. The second-order valence-corrected chi connectivity index (χ2v) is 7.61. The molecule has 0 aromatic heterocycles. The summed E-state index contributed by atoms with van der Waals surface area (Å²) in [5, 5.41) is 0. The van der Waals surface area contributed by atoms with Gasteiger partial charge < -0.3 is 5.73 Å². The highest BCUT2D eigenvalue weighted by molar-refractivity contribution is 6.08. The van der Waals surface area contributed by atoms with E-state index < -0.39 is 23.2 Å². The van der Waals surface area contributed by atoms with Crippen molar-refractivity contribution in [3.63, 3.8) is 0 Å². The molecular weight excluding hydrogens is 338 g/mol. The zero-order chi connectivity index (χ0) is 19.6. The zero-order valence-corrected chi connectivity index (χ0v) is 15.7. The quantitative estimate of drug-likeness (QED) is 0.827. The van der Waals surface area contributed by atoms with Crippen LogP contribution in [0, 0.1) is 11.8 Å². The van der Waals surface area contributed by atoms with E-state index in [1.807, 2.05) is 74.5 Å². The van der Waals surface area contributed by atoms with Gasteiger partial charge in [-0.15, -0.1) is 0 Å². The summed E-state index contributed by atoms with van der Waals surface area (Å²) in [6.45, 7) is 3.83. The Kier molecular flexibility index (Phi) is 5.26. The third kappa shape index (κ3) is 3.20. The van der Waals surface area contributed by atoms with Gasteiger partial charge in [-0.2, -0.15) is 0 Å². The molecule has 0 heterocycles. The van der Waals surface area contributed by atoms with Crippen LogP contribution >= 0.6 is 0 Å². The van der Waals surface area contributed by atoms with E-state index in [-0.39, 0.29) is 23.9 Å². The fourth-order valence-electron chi connectivity index (χ4n) is 4.61. The van der Waals surface area contributed by atoms with Crippen LogP contribution in [0.1, 0.15) is 43.7 Å². The molecule has 1 aliphatic carbocycles. The normalized spacial score (nSPS) is 22.5. The maximum Gasteiger partial charge on any atom is 0.229 e. The Morgan fingerprint density at radius 1 is 0.963 bits per heavy atom. The first-order valence-corrected chi connectivity index (χ1v) is 9.34. The number of Topliss-reactive ketones (excluding diaryl/α,β-unsaturated/α-hetero) is 2. The molecule has 2 aromatic rings. The number of nitrogens with two attached hydrogens (primary N) is 1. The van der Waals surface area contributed by atoms with Crippen molar-refractivity contribution < 1.29 is 14.4 Å². The average Bonchev–Trinajstić information content (AvgIpc) is 2.65. The molecule has 4 nitrogen and oxygen atoms in total. The van der Waals surface area contributed by atoms with Gasteiger partial charge in [0.1, 0.15) is 11.6 Å². The first kappa shape index (κ1) is 19.0. The van der Waals surface area contributed by atoms with E-state index in [1.54, 1.807) is 0 Å². The van der Waals surface area contributed by atoms with Gasteiger partial charge in [-0.05, 0) is 23.5 Å². The van der Waals surface area contributed by atoms with Crippen molar-refractivity contribution in [2.24, 2.45) is 17.6 Å². The van der Waals surface area contributed by atoms with Gasteiger partial charge in [0.05, 0.1) is 11.8 Å². The lowest BCUT2D eigenvalue weighted by Gasteiger charge is -2.44. The Labute approximate surface area is 159 Å². The van der Waals surface area contributed by atoms with Gasteiger partial charge in [-0.3, -0.25) is 14.4 Å². The smallest absolute Gasteiger partial charge is 0.229 e. The summed E-state index contributed by atoms with van der Waals surface area (Å²) in [5.41, 5.74) is 6.43. The highest BCUT2D eigenvalue weighted by Gasteiger charge is 2.54. The number of hydrogen-bond donors (Lipinski definition) is 1. The molecule has 0 radical (unpaired) electrons. The number of benzene rings is 2. The molecule has 27 heavy (non-hydrogen) atoms. The summed E-state index contributed by atoms with van der Waals surface area (Å²) in [6, 6.07) is 18.7. The fourth-order valence-corrected chi connectivity index (χ4v) is 4.61. The van der Waals surface area contributed by atoms with E-state index in [0.29, 0.717) is 6.42 Å². The maximum atomic E-state index is 13.0. The van der Waals surface area contributed by atoms with E-state index in [1.165, 1.54) is 0 Å². The third-order valence-electron chi connectivity index (χ3n) is 5.92. The van der Waals surface area contributed by atoms with Crippen LogP contribution in [0.15, 0.2) is 60.7 Å². The summed E-state index contributed by atoms with van der Waals surface area (Å²) >= 11 is 0. The monoisotopic (exact) mass is 363 g/mol. The van der Waals surface area contributed by atoms with Crippen molar-refractivity contribution >= 4 is 17.5 Å². The molecule has 1 aliphatic rings. The van der Waals surface area contributed by atoms with Crippen LogP contribution in [-0.4, -0.2) is 17.5 Å². The summed E-state index contributed by atoms with van der Waals surface area (Å²) in [4.78, 5) is 38.4. The van der Waals surface area contributed by atoms with Gasteiger partial charge in [-0.1, -0.05) is 74.5 Å². The molecule has 0 spiro atoms. The molecule has 2 N–H and O–H groups in total. The van der Waals surface area contributed by atoms with Gasteiger partial charge in [-0.25, -0.2) is 0 Å². The molecular formula is C23H25NO3. The predicted octanol–water partition coefficient (Wildman–Crippen LogP) is 3.40. The highest BCUT2D eigenvalue weighted by Crippen LogP contribution is 2.47. The lowest BCUT2D eigenvalue weighted by molar-refractivity contribution is -0.142. The second kappa shape index (κ2) is 7.47. The minimum absolute atomic E-state index is 0.0855. The van der Waals surface area contributed by atoms with Crippen molar-refractivity contribution in [3.05, 3.63) is 71.8 Å². The van der Waals surface area contributed by atoms with E-state index in [9.17, 15) is 14.4 Å². The molecule has 3 unspecified atom stereocenters. The van der Waals surface area contributed by atoms with Crippen molar-refractivity contribution in [1.82, 2.24) is 0 Å². The first-order valence-electron chi connectivity index (χ1n) is 9.34. The molecule has 140 valence electrons. The van der Waals surface area contributed by atoms with E-state index in [2.05, 4.69) is 0 Å². The molecule has 0 bridgehead atoms. The topological polar surface area (TPSA) is 77.2 Å². The van der Waals surface area contributed by atoms with E-state index >= 15 is 0 Å². The van der Waals surface area contributed by atoms with Crippen molar-refractivity contribution in [1.29, 1.82) is 0 Å². The Morgan fingerprint density at radius 3 is 2.04 bits per heavy atom. The Hall–Kier alpha value is -2.75. The van der Waals surface area contributed by atoms with Crippen molar-refractivity contribution in [3.8, 4) is 0 Å². The van der Waals surface area contributed by atoms with Crippen LogP contribution in [0.25, 0.3) is 0 Å². The lowest BCUT2D eigenvalue weighted by atomic mass is 9.56. The molecule has 0 saturated heterocycles. The van der Waals surface area contributed by atoms with Gasteiger partial charge in [0.15, 0.2) is 0 Å². The number of primary amides is 1. The minimum atomic E-state index is -1.13. The number of rotatable bonds is 5. The third-order valence-corrected chi connectivity index (χ3v) is 5.92. The van der Waals surface area contributed by atoms with Crippen LogP contribution in [0.5, 0.6) is 0 Å². The van der Waals surface area contributed by atoms with Crippen LogP contribution in [0.4, 0.5) is 0 Å². The molecule has 3 rings (SSSR count). The molecule has 2 aromatic carbocycles. The molecule has 0 aliphatic heterocycles. The summed E-state index contributed by atoms with van der Waals surface area (Å²) in [7, 11) is 0. The number of amides is 1. The second-order valence-electron chi connectivity index (χ2n) is 7.61. The van der Waals surface area contributed by atoms with E-state index in [0.717, 1.165) is 11.1 Å². The molecule has 4 heteroatoms. The standard InChI is InChI=1S/C23H25NO3/c1-15(2)23(22(24)27,17-11-7-4-8-12-17)19-13-18(20(25)14-21(19)26)16-9-5-3-6-10-16/h3-12,15,18-19H,13-14H2,1-2H3,(H2,24,27). The Morgan fingerprint density at radius 2 is 1.52 bits per heavy atom. The van der Waals surface area contributed by atoms with Gasteiger partial charge in [0.25, 0.3) is 0 Å². The molecule has 1 fully saturated rings. The molecule has 3 atom stereocenters. The van der Waals surface area contributed by atoms with Crippen LogP contribution in [0.2, 0.25) is 0 Å². The predicted molar refractivity (Wildman–Crippen MR) is 104 cm³/mol. The summed E-state index contributed by atoms with van der Waals surface area (Å²) in [6.07, 6.45) is 0.149. The van der Waals surface area contributed by atoms with Gasteiger partial charge >= 0.3 is 0 Å². The zero-order valence-electron chi connectivity index (χ0n) is 15.7. The number of carbonyl (C=O) groups excluding carboxylic acids is 3. The van der Waals surface area contributed by atoms with Crippen LogP contribution in [0.3, 0.4) is 0 Å². The fraction of sp³-hybridized carbons (Fsp3) is 0.348. The van der Waals surface area contributed by atoms with Crippen molar-refractivity contribution in [2.45, 2.75) is 38.0 Å². The lowest BCUT2D eigenvalue weighted by Crippen LogP contribution is -2.55. The van der Waals surface area contributed by atoms with Gasteiger partial charge in [0, 0.05) is 11.8 Å². The summed E-state index contributed by atoms with van der Waals surface area (Å²) < 4.78 is 0. The number of carbonyl (C=O) groups is 3. The van der Waals surface area contributed by atoms with Crippen molar-refractivity contribution in [2.75, 3.05) is 0 Å². The minimum Gasteiger partial charge on any atom is -0.369 e. The number of hydrogen-bond acceptors (Lipinski definition) is 3. The van der Waals surface area contributed by atoms with Gasteiger partial charge in [0.2, 0.25) is 5.91 Å². The SMILES string of the molecule is CC(C)C(C(N)=O)(c1ccccc1)C1CC(c2ccccc2)C(=O)CC1=O. The van der Waals surface area contributed by atoms with E-state index in [4.69, 9.17) is 5.73 Å². The Balaban J connectivity index is 2.12. The largest absolute Gasteiger partial charge is 0.369 e. The first-order chi connectivity index (χ1) is 12.9. The highest BCUT2D eigenvalue weighted by atomic mass is 16.2. The average molecular weight is 363 g/mol. The van der Waals surface area contributed by atoms with Crippen LogP contribution in [-0.2, 0) is 19.8 Å². The molecule has 1 saturated carbocycles. The summed E-state index contributed by atoms with van der Waals surface area (Å²) in [5.74, 6) is -1.99. The van der Waals surface area contributed by atoms with Crippen LogP contribution < -0.4 is 5.73 Å².